The van der Waals surface area contributed by atoms with Crippen LogP contribution in [0.5, 0.6) is 0 Å². The van der Waals surface area contributed by atoms with Crippen LogP contribution in [0, 0.1) is 0 Å². The van der Waals surface area contributed by atoms with Crippen molar-refractivity contribution >= 4 is 47.2 Å². The summed E-state index contributed by atoms with van der Waals surface area (Å²) in [6.07, 6.45) is 1.66. The minimum Gasteiger partial charge on any atom is -0.545 e. The van der Waals surface area contributed by atoms with E-state index in [9.17, 15) is 24.1 Å². The lowest BCUT2D eigenvalue weighted by Gasteiger charge is -2.23. The molecule has 4 aromatic rings. The Labute approximate surface area is 247 Å². The van der Waals surface area contributed by atoms with Crippen LogP contribution in [0.15, 0.2) is 108 Å². The second-order valence-electron chi connectivity index (χ2n) is 8.24. The third kappa shape index (κ3) is 9.05. The number of amides is 2. The molecule has 0 spiro atoms. The lowest BCUT2D eigenvalue weighted by molar-refractivity contribution is -0.354. The predicted molar refractivity (Wildman–Crippen MR) is 158 cm³/mol. The third-order valence-electron chi connectivity index (χ3n) is 5.36. The maximum Gasteiger partial charge on any atom is 0.364 e. The van der Waals surface area contributed by atoms with Gasteiger partial charge in [0.2, 0.25) is 0 Å². The summed E-state index contributed by atoms with van der Waals surface area (Å²) in [5.74, 6) is -2.34. The number of carboxylic acid groups (broad SMARTS) is 1. The fourth-order valence-electron chi connectivity index (χ4n) is 3.59. The van der Waals surface area contributed by atoms with Crippen LogP contribution in [-0.2, 0) is 18.4 Å². The fraction of sp³-hybridized carbons (Fsp3) is 0.133. The number of carboxylic acids is 1. The number of carbonyl (C=O) groups excluding carboxylic acids is 3. The van der Waals surface area contributed by atoms with Crippen molar-refractivity contribution in [1.29, 1.82) is 0 Å². The molecular formula is C30H30N3O7PS. The molecule has 0 atom stereocenters. The van der Waals surface area contributed by atoms with Crippen molar-refractivity contribution < 1.29 is 38.1 Å². The molecule has 1 heterocycles. The van der Waals surface area contributed by atoms with Crippen molar-refractivity contribution in [3.63, 3.8) is 0 Å². The van der Waals surface area contributed by atoms with Crippen LogP contribution in [0.2, 0.25) is 0 Å². The van der Waals surface area contributed by atoms with Gasteiger partial charge in [-0.15, -0.1) is 0 Å². The highest BCUT2D eigenvalue weighted by atomic mass is 32.1. The molecule has 0 bridgehead atoms. The van der Waals surface area contributed by atoms with Gasteiger partial charge in [-0.3, -0.25) is 9.36 Å². The van der Waals surface area contributed by atoms with E-state index in [0.717, 1.165) is 0 Å². The summed E-state index contributed by atoms with van der Waals surface area (Å²) >= 11 is 1.27. The number of anilines is 1. The van der Waals surface area contributed by atoms with Gasteiger partial charge in [-0.25, -0.2) is 9.78 Å². The number of hydrogen-bond acceptors (Lipinski definition) is 8. The summed E-state index contributed by atoms with van der Waals surface area (Å²) < 4.78 is 25.1. The smallest absolute Gasteiger partial charge is 0.364 e. The van der Waals surface area contributed by atoms with Crippen molar-refractivity contribution in [2.45, 2.75) is 13.8 Å². The highest BCUT2D eigenvalue weighted by Gasteiger charge is 2.38. The number of carbonyl (C=O) groups is 3. The molecular weight excluding hydrogens is 577 g/mol. The van der Waals surface area contributed by atoms with E-state index in [0.29, 0.717) is 16.3 Å². The summed E-state index contributed by atoms with van der Waals surface area (Å²) in [4.78, 5) is 39.4. The lowest BCUT2D eigenvalue weighted by atomic mass is 10.1. The van der Waals surface area contributed by atoms with Crippen molar-refractivity contribution in [2.75, 3.05) is 18.5 Å². The van der Waals surface area contributed by atoms with Gasteiger partial charge in [0.15, 0.2) is 0 Å². The average Bonchev–Trinajstić information content (AvgIpc) is 3.52. The first-order chi connectivity index (χ1) is 20.3. The van der Waals surface area contributed by atoms with Crippen LogP contribution in [0.1, 0.15) is 40.1 Å². The molecule has 0 aliphatic rings. The van der Waals surface area contributed by atoms with Gasteiger partial charge in [0.25, 0.3) is 5.91 Å². The average molecular weight is 608 g/mol. The van der Waals surface area contributed by atoms with Crippen molar-refractivity contribution in [1.82, 2.24) is 5.32 Å². The van der Waals surface area contributed by atoms with Gasteiger partial charge in [0.05, 0.1) is 25.4 Å². The monoisotopic (exact) mass is 607 g/mol. The molecule has 0 aliphatic heterocycles. The highest BCUT2D eigenvalue weighted by molar-refractivity contribution is 7.65. The fourth-order valence-corrected chi connectivity index (χ4v) is 6.06. The third-order valence-corrected chi connectivity index (χ3v) is 8.32. The number of aromatic amines is 1. The number of thiazole rings is 1. The van der Waals surface area contributed by atoms with Crippen LogP contribution >= 0.6 is 18.9 Å². The van der Waals surface area contributed by atoms with E-state index >= 15 is 0 Å². The van der Waals surface area contributed by atoms with E-state index < -0.39 is 25.4 Å². The van der Waals surface area contributed by atoms with Crippen LogP contribution in [0.25, 0.3) is 5.31 Å². The first kappa shape index (κ1) is 32.1. The molecule has 0 fully saturated rings. The van der Waals surface area contributed by atoms with E-state index in [-0.39, 0.29) is 29.8 Å². The Morgan fingerprint density at radius 1 is 0.810 bits per heavy atom. The van der Waals surface area contributed by atoms with Gasteiger partial charge in [-0.05, 0) is 37.1 Å². The Kier molecular flexibility index (Phi) is 12.3. The van der Waals surface area contributed by atoms with Crippen LogP contribution < -0.4 is 20.7 Å². The van der Waals surface area contributed by atoms with E-state index in [2.05, 4.69) is 15.6 Å². The summed E-state index contributed by atoms with van der Waals surface area (Å²) in [6.45, 7) is 3.51. The highest BCUT2D eigenvalue weighted by Crippen LogP contribution is 2.61. The number of rotatable bonds is 11. The second-order valence-corrected chi connectivity index (χ2v) is 11.1. The molecule has 42 heavy (non-hydrogen) atoms. The molecule has 10 nitrogen and oxygen atoms in total. The van der Waals surface area contributed by atoms with E-state index in [4.69, 9.17) is 9.05 Å². The Balaban J connectivity index is 0.000000458. The first-order valence-corrected chi connectivity index (χ1v) is 15.3. The molecule has 0 radical (unpaired) electrons. The maximum atomic E-state index is 13.9. The van der Waals surface area contributed by atoms with Gasteiger partial charge in [0.1, 0.15) is 11.0 Å². The number of aromatic carboxylic acids is 1. The SMILES string of the molecule is CCOP(=O)(OCC)C(=C(NC(=O)c1ccccc1)C(=O)Nc1[nH+]ccs1)c1ccccc1.O=C([O-])c1ccccc1. The Bertz CT molecular complexity index is 1520. The zero-order valence-electron chi connectivity index (χ0n) is 22.9. The van der Waals surface area contributed by atoms with Gasteiger partial charge in [-0.2, -0.15) is 5.32 Å². The minimum atomic E-state index is -4.00. The molecule has 1 aromatic heterocycles. The summed E-state index contributed by atoms with van der Waals surface area (Å²) in [6, 6.07) is 25.1. The second kappa shape index (κ2) is 16.1. The molecule has 0 saturated heterocycles. The summed E-state index contributed by atoms with van der Waals surface area (Å²) in [7, 11) is -4.00. The molecule has 218 valence electrons. The van der Waals surface area contributed by atoms with E-state index in [1.165, 1.54) is 23.5 Å². The van der Waals surface area contributed by atoms with Gasteiger partial charge < -0.3 is 24.3 Å². The molecule has 4 rings (SSSR count). The van der Waals surface area contributed by atoms with Crippen LogP contribution in [0.4, 0.5) is 5.13 Å². The van der Waals surface area contributed by atoms with Crippen molar-refractivity contribution in [3.05, 3.63) is 125 Å². The van der Waals surface area contributed by atoms with Crippen LogP contribution in [0.3, 0.4) is 0 Å². The number of H-pyrrole nitrogens is 1. The molecule has 3 N–H and O–H groups in total. The number of benzene rings is 3. The van der Waals surface area contributed by atoms with E-state index in [1.807, 2.05) is 0 Å². The molecule has 0 unspecified atom stereocenters. The topological polar surface area (TPSA) is 148 Å². The number of nitrogens with one attached hydrogen (secondary N) is 3. The normalized spacial score (nSPS) is 11.4. The standard InChI is InChI=1S/C23H24N3O5PS.C7H6O2/c1-3-30-32(29,31-4-2)20(17-11-7-5-8-12-17)19(22(28)26-23-24-15-16-33-23)25-21(27)18-13-9-6-10-14-18;8-7(9)6-4-2-1-3-5-6/h5-16H,3-4H2,1-2H3,(H,25,27)(H,24,26,28);1-5H,(H,8,9). The lowest BCUT2D eigenvalue weighted by Crippen LogP contribution is -2.33. The largest absolute Gasteiger partial charge is 0.545 e. The molecule has 12 heteroatoms. The molecule has 0 saturated carbocycles. The molecule has 0 aliphatic carbocycles. The zero-order valence-corrected chi connectivity index (χ0v) is 24.7. The quantitative estimate of drug-likeness (QED) is 0.187. The van der Waals surface area contributed by atoms with Crippen LogP contribution in [-0.4, -0.2) is 31.0 Å². The number of hydrogen-bond donors (Lipinski definition) is 2. The number of aromatic nitrogens is 1. The summed E-state index contributed by atoms with van der Waals surface area (Å²) in [5, 5.41) is 17.6. The Morgan fingerprint density at radius 2 is 1.31 bits per heavy atom. The minimum absolute atomic E-state index is 0.0230. The van der Waals surface area contributed by atoms with E-state index in [1.54, 1.807) is 104 Å². The summed E-state index contributed by atoms with van der Waals surface area (Å²) in [5.41, 5.74) is 0.761. The van der Waals surface area contributed by atoms with Gasteiger partial charge in [0, 0.05) is 10.9 Å². The van der Waals surface area contributed by atoms with Crippen molar-refractivity contribution in [2.24, 2.45) is 0 Å². The van der Waals surface area contributed by atoms with Gasteiger partial charge in [-0.1, -0.05) is 90.2 Å². The van der Waals surface area contributed by atoms with Crippen molar-refractivity contribution in [3.8, 4) is 0 Å². The predicted octanol–water partition coefficient (Wildman–Crippen LogP) is 4.62. The maximum absolute atomic E-state index is 13.9. The Morgan fingerprint density at radius 3 is 1.74 bits per heavy atom. The zero-order chi connectivity index (χ0) is 30.4. The van der Waals surface area contributed by atoms with Gasteiger partial charge >= 0.3 is 18.6 Å². The molecule has 3 aromatic carbocycles. The first-order valence-electron chi connectivity index (χ1n) is 12.9. The molecule has 2 amide bonds. The Hall–Kier alpha value is -4.41.